The van der Waals surface area contributed by atoms with Crippen molar-refractivity contribution < 1.29 is 18.0 Å². The SMILES string of the molecule is CCNC(=NCC(=O)Nc1cccnc1)NCc1nc(C(F)(F)F)cs1. The molecule has 0 bridgehead atoms. The fourth-order valence-corrected chi connectivity index (χ4v) is 2.55. The summed E-state index contributed by atoms with van der Waals surface area (Å²) in [5, 5.41) is 9.62. The van der Waals surface area contributed by atoms with Crippen LogP contribution in [0, 0.1) is 0 Å². The largest absolute Gasteiger partial charge is 0.434 e. The number of halogens is 3. The lowest BCUT2D eigenvalue weighted by atomic mass is 10.4. The number of nitrogens with one attached hydrogen (secondary N) is 3. The molecule has 0 saturated carbocycles. The summed E-state index contributed by atoms with van der Waals surface area (Å²) in [5.41, 5.74) is -0.370. The summed E-state index contributed by atoms with van der Waals surface area (Å²) in [5.74, 6) is -0.0404. The fourth-order valence-electron chi connectivity index (χ4n) is 1.81. The number of hydrogen-bond donors (Lipinski definition) is 3. The number of carbonyl (C=O) groups is 1. The van der Waals surface area contributed by atoms with Gasteiger partial charge in [-0.25, -0.2) is 9.98 Å². The molecular weight excluding hydrogens is 369 g/mol. The molecule has 2 rings (SSSR count). The van der Waals surface area contributed by atoms with Crippen molar-refractivity contribution in [3.63, 3.8) is 0 Å². The molecule has 3 N–H and O–H groups in total. The van der Waals surface area contributed by atoms with Crippen LogP contribution in [0.1, 0.15) is 17.6 Å². The maximum absolute atomic E-state index is 12.5. The number of nitrogens with zero attached hydrogens (tertiary/aromatic N) is 3. The van der Waals surface area contributed by atoms with E-state index in [9.17, 15) is 18.0 Å². The Bertz CT molecular complexity index is 747. The zero-order valence-corrected chi connectivity index (χ0v) is 14.6. The normalized spacial score (nSPS) is 11.9. The van der Waals surface area contributed by atoms with E-state index in [-0.39, 0.29) is 24.0 Å². The fraction of sp³-hybridized carbons (Fsp3) is 0.333. The number of aromatic nitrogens is 2. The van der Waals surface area contributed by atoms with E-state index in [4.69, 9.17) is 0 Å². The molecule has 140 valence electrons. The van der Waals surface area contributed by atoms with Gasteiger partial charge in [0.15, 0.2) is 11.7 Å². The van der Waals surface area contributed by atoms with Gasteiger partial charge in [0.05, 0.1) is 18.4 Å². The van der Waals surface area contributed by atoms with Crippen LogP contribution in [-0.4, -0.2) is 34.9 Å². The quantitative estimate of drug-likeness (QED) is 0.523. The number of aliphatic imine (C=N–C) groups is 1. The van der Waals surface area contributed by atoms with Gasteiger partial charge in [-0.2, -0.15) is 13.2 Å². The van der Waals surface area contributed by atoms with Crippen LogP contribution in [0.15, 0.2) is 34.9 Å². The molecule has 1 amide bonds. The van der Waals surface area contributed by atoms with Crippen molar-refractivity contribution in [2.45, 2.75) is 19.6 Å². The number of hydrogen-bond acceptors (Lipinski definition) is 5. The van der Waals surface area contributed by atoms with E-state index < -0.39 is 11.9 Å². The maximum Gasteiger partial charge on any atom is 0.434 e. The molecule has 2 aromatic rings. The standard InChI is InChI=1S/C15H17F3N6OS/c1-2-20-14(21-7-12(25)23-10-4-3-5-19-6-10)22-8-13-24-11(9-26-13)15(16,17)18/h3-6,9H,2,7-8H2,1H3,(H,23,25)(H2,20,21,22). The summed E-state index contributed by atoms with van der Waals surface area (Å²) in [6, 6.07) is 3.38. The number of guanidine groups is 1. The Morgan fingerprint density at radius 1 is 1.35 bits per heavy atom. The summed E-state index contributed by atoms with van der Waals surface area (Å²) < 4.78 is 37.6. The molecule has 0 atom stereocenters. The molecule has 7 nitrogen and oxygen atoms in total. The lowest BCUT2D eigenvalue weighted by Gasteiger charge is -2.10. The van der Waals surface area contributed by atoms with Crippen molar-refractivity contribution >= 4 is 28.9 Å². The minimum atomic E-state index is -4.46. The predicted molar refractivity (Wildman–Crippen MR) is 92.8 cm³/mol. The Kier molecular flexibility index (Phi) is 6.89. The molecule has 11 heteroatoms. The minimum absolute atomic E-state index is 0.0663. The maximum atomic E-state index is 12.5. The third-order valence-corrected chi connectivity index (χ3v) is 3.77. The van der Waals surface area contributed by atoms with Gasteiger partial charge in [-0.15, -0.1) is 11.3 Å². The average molecular weight is 386 g/mol. The molecule has 0 aliphatic heterocycles. The number of thiazole rings is 1. The summed E-state index contributed by atoms with van der Waals surface area (Å²) in [7, 11) is 0. The van der Waals surface area contributed by atoms with Gasteiger partial charge in [-0.3, -0.25) is 9.78 Å². The number of pyridine rings is 1. The minimum Gasteiger partial charge on any atom is -0.357 e. The zero-order chi connectivity index (χ0) is 19.0. The zero-order valence-electron chi connectivity index (χ0n) is 13.8. The van der Waals surface area contributed by atoms with Crippen LogP contribution in [0.4, 0.5) is 18.9 Å². The first-order valence-electron chi connectivity index (χ1n) is 7.62. The van der Waals surface area contributed by atoms with Gasteiger partial charge in [-0.05, 0) is 19.1 Å². The molecule has 26 heavy (non-hydrogen) atoms. The van der Waals surface area contributed by atoms with E-state index >= 15 is 0 Å². The van der Waals surface area contributed by atoms with Crippen LogP contribution in [0.2, 0.25) is 0 Å². The molecular formula is C15H17F3N6OS. The average Bonchev–Trinajstić information content (AvgIpc) is 3.08. The lowest BCUT2D eigenvalue weighted by Crippen LogP contribution is -2.37. The second-order valence-corrected chi connectivity index (χ2v) is 5.91. The van der Waals surface area contributed by atoms with E-state index in [1.807, 2.05) is 6.92 Å². The summed E-state index contributed by atoms with van der Waals surface area (Å²) in [6.07, 6.45) is -1.37. The molecule has 0 aliphatic carbocycles. The van der Waals surface area contributed by atoms with Crippen LogP contribution in [0.25, 0.3) is 0 Å². The number of anilines is 1. The van der Waals surface area contributed by atoms with E-state index in [0.717, 1.165) is 16.7 Å². The molecule has 0 saturated heterocycles. The van der Waals surface area contributed by atoms with Gasteiger partial charge in [0.2, 0.25) is 5.91 Å². The van der Waals surface area contributed by atoms with Crippen LogP contribution in [0.3, 0.4) is 0 Å². The summed E-state index contributed by atoms with van der Waals surface area (Å²) >= 11 is 0.900. The number of carbonyl (C=O) groups excluding carboxylic acids is 1. The van der Waals surface area contributed by atoms with E-state index in [1.54, 1.807) is 18.3 Å². The van der Waals surface area contributed by atoms with E-state index in [2.05, 4.69) is 30.9 Å². The molecule has 0 aromatic carbocycles. The van der Waals surface area contributed by atoms with Gasteiger partial charge in [0.1, 0.15) is 11.6 Å². The Hall–Kier alpha value is -2.69. The van der Waals surface area contributed by atoms with Gasteiger partial charge in [-0.1, -0.05) is 0 Å². The lowest BCUT2D eigenvalue weighted by molar-refractivity contribution is -0.140. The number of amides is 1. The van der Waals surface area contributed by atoms with Crippen molar-refractivity contribution in [2.75, 3.05) is 18.4 Å². The van der Waals surface area contributed by atoms with Crippen LogP contribution in [-0.2, 0) is 17.5 Å². The van der Waals surface area contributed by atoms with Crippen molar-refractivity contribution in [3.8, 4) is 0 Å². The molecule has 0 radical (unpaired) electrons. The Morgan fingerprint density at radius 3 is 2.77 bits per heavy atom. The first-order chi connectivity index (χ1) is 12.4. The van der Waals surface area contributed by atoms with Crippen LogP contribution >= 0.6 is 11.3 Å². The van der Waals surface area contributed by atoms with Crippen molar-refractivity contribution in [3.05, 3.63) is 40.6 Å². The van der Waals surface area contributed by atoms with E-state index in [0.29, 0.717) is 18.2 Å². The topological polar surface area (TPSA) is 91.3 Å². The summed E-state index contributed by atoms with van der Waals surface area (Å²) in [6.45, 7) is 2.27. The monoisotopic (exact) mass is 386 g/mol. The van der Waals surface area contributed by atoms with Crippen molar-refractivity contribution in [1.82, 2.24) is 20.6 Å². The third-order valence-electron chi connectivity index (χ3n) is 2.92. The molecule has 2 aromatic heterocycles. The van der Waals surface area contributed by atoms with Crippen LogP contribution < -0.4 is 16.0 Å². The highest BCUT2D eigenvalue weighted by molar-refractivity contribution is 7.09. The molecule has 0 spiro atoms. The highest BCUT2D eigenvalue weighted by atomic mass is 32.1. The smallest absolute Gasteiger partial charge is 0.357 e. The number of alkyl halides is 3. The summed E-state index contributed by atoms with van der Waals surface area (Å²) in [4.78, 5) is 23.4. The predicted octanol–water partition coefficient (Wildman–Crippen LogP) is 2.25. The number of rotatable bonds is 6. The van der Waals surface area contributed by atoms with Crippen LogP contribution in [0.5, 0.6) is 0 Å². The second-order valence-electron chi connectivity index (χ2n) is 4.96. The van der Waals surface area contributed by atoms with Crippen molar-refractivity contribution in [2.24, 2.45) is 4.99 Å². The highest BCUT2D eigenvalue weighted by Crippen LogP contribution is 2.29. The first-order valence-corrected chi connectivity index (χ1v) is 8.50. The Labute approximate surface area is 151 Å². The molecule has 0 aliphatic rings. The Balaban J connectivity index is 1.89. The first kappa shape index (κ1) is 19.6. The van der Waals surface area contributed by atoms with Gasteiger partial charge < -0.3 is 16.0 Å². The molecule has 2 heterocycles. The van der Waals surface area contributed by atoms with E-state index in [1.165, 1.54) is 6.20 Å². The molecule has 0 unspecified atom stereocenters. The van der Waals surface area contributed by atoms with Gasteiger partial charge >= 0.3 is 6.18 Å². The van der Waals surface area contributed by atoms with Gasteiger partial charge in [0, 0.05) is 18.1 Å². The highest BCUT2D eigenvalue weighted by Gasteiger charge is 2.33. The molecule has 0 fully saturated rings. The van der Waals surface area contributed by atoms with Gasteiger partial charge in [0.25, 0.3) is 0 Å². The van der Waals surface area contributed by atoms with Crippen molar-refractivity contribution in [1.29, 1.82) is 0 Å². The Morgan fingerprint density at radius 2 is 2.15 bits per heavy atom. The third kappa shape index (κ3) is 6.31. The second kappa shape index (κ2) is 9.13.